The fraction of sp³-hybridized carbons (Fsp3) is 0.529. The lowest BCUT2D eigenvalue weighted by atomic mass is 10.2. The van der Waals surface area contributed by atoms with Crippen LogP contribution in [0.1, 0.15) is 36.3 Å². The SMILES string of the molecule is COc1cccc(COC(C)c2nc(C3CNCCN3C)no2)c1.Cl. The van der Waals surface area contributed by atoms with Gasteiger partial charge in [0.25, 0.3) is 5.89 Å². The van der Waals surface area contributed by atoms with Gasteiger partial charge in [-0.1, -0.05) is 17.3 Å². The van der Waals surface area contributed by atoms with Crippen molar-refractivity contribution < 1.29 is 14.0 Å². The third-order valence-corrected chi connectivity index (χ3v) is 4.25. The third kappa shape index (κ3) is 4.92. The normalized spacial score (nSPS) is 19.2. The Balaban J connectivity index is 0.00000225. The lowest BCUT2D eigenvalue weighted by molar-refractivity contribution is 0.0307. The second-order valence-corrected chi connectivity index (χ2v) is 6.00. The van der Waals surface area contributed by atoms with Crippen LogP contribution in [0.5, 0.6) is 5.75 Å². The molecule has 0 radical (unpaired) electrons. The summed E-state index contributed by atoms with van der Waals surface area (Å²) in [5.41, 5.74) is 1.04. The molecule has 0 spiro atoms. The number of rotatable bonds is 6. The zero-order chi connectivity index (χ0) is 16.9. The molecule has 1 aromatic heterocycles. The number of methoxy groups -OCH3 is 1. The first-order chi connectivity index (χ1) is 11.7. The van der Waals surface area contributed by atoms with Crippen molar-refractivity contribution >= 4 is 12.4 Å². The predicted molar refractivity (Wildman–Crippen MR) is 96.0 cm³/mol. The Bertz CT molecular complexity index is 667. The van der Waals surface area contributed by atoms with Crippen molar-refractivity contribution in [1.29, 1.82) is 0 Å². The summed E-state index contributed by atoms with van der Waals surface area (Å²) in [7, 11) is 3.73. The number of likely N-dealkylation sites (N-methyl/N-ethyl adjacent to an activating group) is 1. The summed E-state index contributed by atoms with van der Waals surface area (Å²) >= 11 is 0. The first kappa shape index (κ1) is 19.7. The zero-order valence-electron chi connectivity index (χ0n) is 14.8. The number of ether oxygens (including phenoxy) is 2. The molecule has 3 rings (SSSR count). The fourth-order valence-corrected chi connectivity index (χ4v) is 2.70. The van der Waals surface area contributed by atoms with E-state index in [9.17, 15) is 0 Å². The number of aromatic nitrogens is 2. The summed E-state index contributed by atoms with van der Waals surface area (Å²) in [4.78, 5) is 6.75. The first-order valence-corrected chi connectivity index (χ1v) is 8.16. The van der Waals surface area contributed by atoms with Gasteiger partial charge in [0.2, 0.25) is 0 Å². The number of benzene rings is 1. The average molecular weight is 369 g/mol. The Labute approximate surface area is 154 Å². The molecule has 1 saturated heterocycles. The summed E-state index contributed by atoms with van der Waals surface area (Å²) in [5.74, 6) is 2.03. The van der Waals surface area contributed by atoms with Gasteiger partial charge in [-0.3, -0.25) is 4.90 Å². The van der Waals surface area contributed by atoms with Gasteiger partial charge < -0.3 is 19.3 Å². The van der Waals surface area contributed by atoms with E-state index in [0.29, 0.717) is 18.3 Å². The minimum Gasteiger partial charge on any atom is -0.497 e. The Kier molecular flexibility index (Phi) is 7.19. The van der Waals surface area contributed by atoms with Crippen molar-refractivity contribution in [1.82, 2.24) is 20.4 Å². The number of hydrogen-bond donors (Lipinski definition) is 1. The minimum absolute atomic E-state index is 0. The van der Waals surface area contributed by atoms with Crippen LogP contribution in [0.15, 0.2) is 28.8 Å². The lowest BCUT2D eigenvalue weighted by Gasteiger charge is -2.30. The van der Waals surface area contributed by atoms with Gasteiger partial charge >= 0.3 is 0 Å². The predicted octanol–water partition coefficient (Wildman–Crippen LogP) is 2.35. The van der Waals surface area contributed by atoms with Gasteiger partial charge in [-0.25, -0.2) is 0 Å². The quantitative estimate of drug-likeness (QED) is 0.838. The van der Waals surface area contributed by atoms with Gasteiger partial charge in [0.05, 0.1) is 19.8 Å². The van der Waals surface area contributed by atoms with Crippen molar-refractivity contribution in [2.75, 3.05) is 33.8 Å². The number of nitrogens with one attached hydrogen (secondary N) is 1. The van der Waals surface area contributed by atoms with Crippen molar-refractivity contribution in [2.24, 2.45) is 0 Å². The molecule has 0 saturated carbocycles. The average Bonchev–Trinajstić information content (AvgIpc) is 3.10. The summed E-state index contributed by atoms with van der Waals surface area (Å²) < 4.78 is 16.5. The maximum absolute atomic E-state index is 5.86. The number of nitrogens with zero attached hydrogens (tertiary/aromatic N) is 3. The maximum Gasteiger partial charge on any atom is 0.255 e. The van der Waals surface area contributed by atoms with Crippen LogP contribution >= 0.6 is 12.4 Å². The third-order valence-electron chi connectivity index (χ3n) is 4.25. The largest absolute Gasteiger partial charge is 0.497 e. The van der Waals surface area contributed by atoms with E-state index in [1.165, 1.54) is 0 Å². The van der Waals surface area contributed by atoms with E-state index in [-0.39, 0.29) is 24.6 Å². The van der Waals surface area contributed by atoms with Crippen molar-refractivity contribution in [2.45, 2.75) is 25.7 Å². The smallest absolute Gasteiger partial charge is 0.255 e. The van der Waals surface area contributed by atoms with Crippen LogP contribution in [0.25, 0.3) is 0 Å². The molecule has 2 aromatic rings. The van der Waals surface area contributed by atoms with Crippen LogP contribution in [-0.2, 0) is 11.3 Å². The summed E-state index contributed by atoms with van der Waals surface area (Å²) in [6.07, 6.45) is -0.265. The second kappa shape index (κ2) is 9.15. The Morgan fingerprint density at radius 3 is 3.04 bits per heavy atom. The standard InChI is InChI=1S/C17H24N4O3.ClH/c1-12(23-11-13-5-4-6-14(9-13)22-3)17-19-16(20-24-17)15-10-18-7-8-21(15)2;/h4-6,9,12,15,18H,7-8,10-11H2,1-3H3;1H. The van der Waals surface area contributed by atoms with Crippen LogP contribution in [0, 0.1) is 0 Å². The summed E-state index contributed by atoms with van der Waals surface area (Å²) in [6.45, 7) is 5.16. The van der Waals surface area contributed by atoms with Gasteiger partial charge in [-0.2, -0.15) is 4.98 Å². The lowest BCUT2D eigenvalue weighted by Crippen LogP contribution is -2.44. The highest BCUT2D eigenvalue weighted by Crippen LogP contribution is 2.22. The molecule has 138 valence electrons. The fourth-order valence-electron chi connectivity index (χ4n) is 2.70. The monoisotopic (exact) mass is 368 g/mol. The Morgan fingerprint density at radius 2 is 2.28 bits per heavy atom. The molecule has 2 heterocycles. The maximum atomic E-state index is 5.86. The highest BCUT2D eigenvalue weighted by Gasteiger charge is 2.26. The van der Waals surface area contributed by atoms with Crippen LogP contribution in [0.2, 0.25) is 0 Å². The van der Waals surface area contributed by atoms with Crippen LogP contribution in [0.3, 0.4) is 0 Å². The molecular weight excluding hydrogens is 344 g/mol. The molecule has 2 atom stereocenters. The second-order valence-electron chi connectivity index (χ2n) is 6.00. The van der Waals surface area contributed by atoms with E-state index >= 15 is 0 Å². The molecule has 1 fully saturated rings. The molecule has 1 aliphatic heterocycles. The Hall–Kier alpha value is -1.67. The summed E-state index contributed by atoms with van der Waals surface area (Å²) in [5, 5.41) is 7.48. The Morgan fingerprint density at radius 1 is 1.44 bits per heavy atom. The molecule has 0 amide bonds. The van der Waals surface area contributed by atoms with Gasteiger partial charge in [0, 0.05) is 19.6 Å². The van der Waals surface area contributed by atoms with E-state index < -0.39 is 0 Å². The molecule has 8 heteroatoms. The van der Waals surface area contributed by atoms with Crippen molar-refractivity contribution in [3.8, 4) is 5.75 Å². The molecule has 2 unspecified atom stereocenters. The van der Waals surface area contributed by atoms with Crippen LogP contribution in [0.4, 0.5) is 0 Å². The minimum atomic E-state index is -0.265. The van der Waals surface area contributed by atoms with Gasteiger partial charge in [-0.05, 0) is 31.7 Å². The molecule has 1 N–H and O–H groups in total. The molecule has 25 heavy (non-hydrogen) atoms. The van der Waals surface area contributed by atoms with E-state index in [0.717, 1.165) is 30.9 Å². The molecule has 0 bridgehead atoms. The van der Waals surface area contributed by atoms with E-state index in [4.69, 9.17) is 14.0 Å². The number of hydrogen-bond acceptors (Lipinski definition) is 7. The summed E-state index contributed by atoms with van der Waals surface area (Å²) in [6, 6.07) is 7.94. The van der Waals surface area contributed by atoms with E-state index in [1.807, 2.05) is 31.2 Å². The number of piperazine rings is 1. The first-order valence-electron chi connectivity index (χ1n) is 8.16. The van der Waals surface area contributed by atoms with Gasteiger partial charge in [-0.15, -0.1) is 12.4 Å². The molecule has 7 nitrogen and oxygen atoms in total. The molecule has 1 aromatic carbocycles. The van der Waals surface area contributed by atoms with E-state index in [1.54, 1.807) is 7.11 Å². The zero-order valence-corrected chi connectivity index (χ0v) is 15.6. The molecular formula is C17H25ClN4O3. The van der Waals surface area contributed by atoms with Crippen molar-refractivity contribution in [3.05, 3.63) is 41.5 Å². The van der Waals surface area contributed by atoms with Crippen LogP contribution in [-0.4, -0.2) is 48.8 Å². The van der Waals surface area contributed by atoms with Crippen molar-refractivity contribution in [3.63, 3.8) is 0 Å². The highest BCUT2D eigenvalue weighted by molar-refractivity contribution is 5.85. The molecule has 1 aliphatic rings. The van der Waals surface area contributed by atoms with Crippen LogP contribution < -0.4 is 10.1 Å². The highest BCUT2D eigenvalue weighted by atomic mass is 35.5. The van der Waals surface area contributed by atoms with E-state index in [2.05, 4.69) is 27.4 Å². The van der Waals surface area contributed by atoms with Gasteiger partial charge in [0.15, 0.2) is 5.82 Å². The topological polar surface area (TPSA) is 72.7 Å². The molecule has 0 aliphatic carbocycles. The number of halogens is 1. The van der Waals surface area contributed by atoms with Gasteiger partial charge in [0.1, 0.15) is 11.9 Å².